The predicted octanol–water partition coefficient (Wildman–Crippen LogP) is 15.1. The van der Waals surface area contributed by atoms with Gasteiger partial charge in [0.15, 0.2) is 23.0 Å². The topological polar surface area (TPSA) is 43.4 Å². The van der Waals surface area contributed by atoms with Crippen molar-refractivity contribution in [1.29, 1.82) is 0 Å². The number of benzene rings is 7. The van der Waals surface area contributed by atoms with Gasteiger partial charge < -0.3 is 28.7 Å². The lowest BCUT2D eigenvalue weighted by Gasteiger charge is -2.34. The first-order valence-corrected chi connectivity index (χ1v) is 21.8. The Hall–Kier alpha value is -6.37. The quantitative estimate of drug-likeness (QED) is 0.152. The molecule has 314 valence electrons. The van der Waals surface area contributed by atoms with E-state index in [1.807, 2.05) is 12.1 Å². The maximum absolute atomic E-state index is 8.07. The Balaban J connectivity index is 1.33. The lowest BCUT2D eigenvalue weighted by atomic mass is 9.87. The van der Waals surface area contributed by atoms with Gasteiger partial charge in [0.1, 0.15) is 26.4 Å². The molecule has 7 aromatic rings. The molecular formula is C55H53ClN2O4. The van der Waals surface area contributed by atoms with E-state index in [4.69, 9.17) is 30.5 Å². The van der Waals surface area contributed by atoms with Gasteiger partial charge in [0.2, 0.25) is 0 Å². The van der Waals surface area contributed by atoms with Gasteiger partial charge >= 0.3 is 0 Å². The standard InChI is InChI=1S/C55H53ClN2O4/c1-36-30-47(57(41-22-18-39(19-23-41)54(2,3)4)45-34-51-49(59-26-28-61-51)32-43(45)37-14-10-8-11-15-37)53(56)48(31-36)58(42-24-20-40(21-25-42)55(5,6)7)46-35-52-50(60-27-29-62-52)33-44(46)38-16-12-9-13-17-38/h8-25,30-35H,26-29H2,1-7H3. The van der Waals surface area contributed by atoms with E-state index in [0.717, 1.165) is 73.4 Å². The summed E-state index contributed by atoms with van der Waals surface area (Å²) in [6, 6.07) is 51.3. The number of rotatable bonds is 8. The minimum Gasteiger partial charge on any atom is -0.486 e. The molecule has 0 amide bonds. The minimum absolute atomic E-state index is 0.0349. The second-order valence-electron chi connectivity index (χ2n) is 18.1. The molecule has 7 aromatic carbocycles. The van der Waals surface area contributed by atoms with Crippen LogP contribution in [0.5, 0.6) is 23.0 Å². The summed E-state index contributed by atoms with van der Waals surface area (Å²) in [6.07, 6.45) is 0. The van der Waals surface area contributed by atoms with Gasteiger partial charge in [0, 0.05) is 34.6 Å². The zero-order chi connectivity index (χ0) is 43.2. The number of halogens is 1. The molecule has 0 bridgehead atoms. The Morgan fingerprint density at radius 2 is 0.758 bits per heavy atom. The number of nitrogens with zero attached hydrogens (tertiary/aromatic N) is 2. The van der Waals surface area contributed by atoms with E-state index in [0.29, 0.717) is 42.9 Å². The van der Waals surface area contributed by atoms with E-state index >= 15 is 0 Å². The van der Waals surface area contributed by atoms with E-state index in [2.05, 4.69) is 192 Å². The fourth-order valence-corrected chi connectivity index (χ4v) is 8.60. The van der Waals surface area contributed by atoms with Crippen LogP contribution >= 0.6 is 11.6 Å². The average Bonchev–Trinajstić information content (AvgIpc) is 3.28. The summed E-state index contributed by atoms with van der Waals surface area (Å²) in [5.74, 6) is 2.82. The molecule has 0 N–H and O–H groups in total. The van der Waals surface area contributed by atoms with Gasteiger partial charge in [0.05, 0.1) is 27.8 Å². The molecule has 7 heteroatoms. The number of hydrogen-bond acceptors (Lipinski definition) is 6. The highest BCUT2D eigenvalue weighted by atomic mass is 35.5. The largest absolute Gasteiger partial charge is 0.486 e. The van der Waals surface area contributed by atoms with Crippen LogP contribution in [0.25, 0.3) is 22.3 Å². The molecule has 6 nitrogen and oxygen atoms in total. The zero-order valence-corrected chi connectivity index (χ0v) is 37.3. The van der Waals surface area contributed by atoms with E-state index < -0.39 is 0 Å². The van der Waals surface area contributed by atoms with E-state index in [9.17, 15) is 0 Å². The van der Waals surface area contributed by atoms with Crippen LogP contribution in [0.1, 0.15) is 58.2 Å². The summed E-state index contributed by atoms with van der Waals surface area (Å²) in [5, 5.41) is 0.568. The predicted molar refractivity (Wildman–Crippen MR) is 256 cm³/mol. The van der Waals surface area contributed by atoms with Crippen LogP contribution in [0.15, 0.2) is 146 Å². The van der Waals surface area contributed by atoms with Crippen molar-refractivity contribution in [2.75, 3.05) is 36.2 Å². The van der Waals surface area contributed by atoms with Gasteiger partial charge in [-0.2, -0.15) is 0 Å². The molecule has 0 aliphatic carbocycles. The Kier molecular flexibility index (Phi) is 10.9. The fraction of sp³-hybridized carbons (Fsp3) is 0.236. The lowest BCUT2D eigenvalue weighted by molar-refractivity contribution is 0.172. The molecule has 0 saturated heterocycles. The van der Waals surface area contributed by atoms with E-state index in [1.54, 1.807) is 0 Å². The fourth-order valence-electron chi connectivity index (χ4n) is 8.32. The first-order chi connectivity index (χ1) is 29.8. The Bertz CT molecular complexity index is 2530. The summed E-state index contributed by atoms with van der Waals surface area (Å²) in [5.41, 5.74) is 12.9. The molecule has 0 radical (unpaired) electrons. The van der Waals surface area contributed by atoms with Crippen molar-refractivity contribution in [3.63, 3.8) is 0 Å². The minimum atomic E-state index is -0.0349. The van der Waals surface area contributed by atoms with Gasteiger partial charge in [-0.15, -0.1) is 0 Å². The SMILES string of the molecule is Cc1cc(N(c2ccc(C(C)(C)C)cc2)c2cc3c(cc2-c2ccccc2)OCCO3)c(Cl)c(N(c2ccc(C(C)(C)C)cc2)c2cc3c(cc2-c2ccccc2)OCCO3)c1. The van der Waals surface area contributed by atoms with Crippen molar-refractivity contribution in [1.82, 2.24) is 0 Å². The van der Waals surface area contributed by atoms with Crippen LogP contribution in [0.4, 0.5) is 34.1 Å². The molecular weight excluding hydrogens is 788 g/mol. The monoisotopic (exact) mass is 840 g/mol. The Labute approximate surface area is 371 Å². The van der Waals surface area contributed by atoms with Gasteiger partial charge in [-0.25, -0.2) is 0 Å². The van der Waals surface area contributed by atoms with Gasteiger partial charge in [0.25, 0.3) is 0 Å². The molecule has 0 aromatic heterocycles. The van der Waals surface area contributed by atoms with Crippen molar-refractivity contribution in [2.45, 2.75) is 59.3 Å². The van der Waals surface area contributed by atoms with E-state index in [-0.39, 0.29) is 10.8 Å². The second-order valence-corrected chi connectivity index (χ2v) is 18.5. The van der Waals surface area contributed by atoms with Crippen LogP contribution in [-0.2, 0) is 10.8 Å². The smallest absolute Gasteiger partial charge is 0.163 e. The van der Waals surface area contributed by atoms with Crippen molar-refractivity contribution in [2.24, 2.45) is 0 Å². The van der Waals surface area contributed by atoms with Crippen LogP contribution in [-0.4, -0.2) is 26.4 Å². The third-order valence-corrected chi connectivity index (χ3v) is 12.0. The third-order valence-electron chi connectivity index (χ3n) is 11.6. The number of fused-ring (bicyclic) bond motifs is 2. The van der Waals surface area contributed by atoms with Crippen LogP contribution in [0, 0.1) is 6.92 Å². The summed E-state index contributed by atoms with van der Waals surface area (Å²) in [4.78, 5) is 4.54. The number of aryl methyl sites for hydroxylation is 1. The van der Waals surface area contributed by atoms with Crippen LogP contribution in [0.3, 0.4) is 0 Å². The third kappa shape index (κ3) is 8.08. The van der Waals surface area contributed by atoms with Gasteiger partial charge in [-0.3, -0.25) is 0 Å². The molecule has 0 spiro atoms. The molecule has 2 aliphatic heterocycles. The highest BCUT2D eigenvalue weighted by molar-refractivity contribution is 6.37. The van der Waals surface area contributed by atoms with Crippen molar-refractivity contribution >= 4 is 45.7 Å². The summed E-state index contributed by atoms with van der Waals surface area (Å²) < 4.78 is 25.0. The summed E-state index contributed by atoms with van der Waals surface area (Å²) >= 11 is 8.07. The molecule has 0 saturated carbocycles. The van der Waals surface area contributed by atoms with Crippen LogP contribution < -0.4 is 28.7 Å². The molecule has 9 rings (SSSR count). The molecule has 0 fully saturated rings. The molecule has 2 aliphatic rings. The molecule has 62 heavy (non-hydrogen) atoms. The maximum Gasteiger partial charge on any atom is 0.163 e. The number of hydrogen-bond donors (Lipinski definition) is 0. The Morgan fingerprint density at radius 3 is 1.10 bits per heavy atom. The lowest BCUT2D eigenvalue weighted by Crippen LogP contribution is -2.19. The van der Waals surface area contributed by atoms with Crippen molar-refractivity contribution in [3.8, 4) is 45.3 Å². The zero-order valence-electron chi connectivity index (χ0n) is 36.6. The highest BCUT2D eigenvalue weighted by Gasteiger charge is 2.30. The van der Waals surface area contributed by atoms with Crippen LogP contribution in [0.2, 0.25) is 5.02 Å². The van der Waals surface area contributed by atoms with E-state index in [1.165, 1.54) is 11.1 Å². The number of ether oxygens (including phenoxy) is 4. The van der Waals surface area contributed by atoms with Crippen molar-refractivity contribution in [3.05, 3.63) is 167 Å². The summed E-state index contributed by atoms with van der Waals surface area (Å²) in [6.45, 7) is 17.5. The number of anilines is 6. The van der Waals surface area contributed by atoms with Gasteiger partial charge in [-0.05, 0) is 94.1 Å². The first-order valence-electron chi connectivity index (χ1n) is 21.4. The summed E-state index contributed by atoms with van der Waals surface area (Å²) in [7, 11) is 0. The highest BCUT2D eigenvalue weighted by Crippen LogP contribution is 2.54. The molecule has 0 unspecified atom stereocenters. The molecule has 0 atom stereocenters. The van der Waals surface area contributed by atoms with Gasteiger partial charge in [-0.1, -0.05) is 138 Å². The average molecular weight is 841 g/mol. The first kappa shape index (κ1) is 41.0. The maximum atomic E-state index is 8.07. The van der Waals surface area contributed by atoms with Crippen molar-refractivity contribution < 1.29 is 18.9 Å². The Morgan fingerprint density at radius 1 is 0.419 bits per heavy atom. The normalized spacial score (nSPS) is 13.4. The molecule has 2 heterocycles. The second kappa shape index (κ2) is 16.5.